The Morgan fingerprint density at radius 2 is 1.96 bits per heavy atom. The number of methoxy groups -OCH3 is 1. The number of ether oxygens (including phenoxy) is 2. The molecule has 0 aliphatic carbocycles. The summed E-state index contributed by atoms with van der Waals surface area (Å²) in [7, 11) is -2.27. The lowest BCUT2D eigenvalue weighted by Gasteiger charge is -2.16. The van der Waals surface area contributed by atoms with Crippen molar-refractivity contribution in [3.8, 4) is 5.75 Å². The molecule has 1 unspecified atom stereocenters. The molecule has 0 amide bonds. The number of hydrogen-bond donors (Lipinski definition) is 2. The topological polar surface area (TPSA) is 84.9 Å². The average Bonchev–Trinajstić information content (AvgIpc) is 2.60. The first kappa shape index (κ1) is 18.0. The molecule has 2 aromatic rings. The van der Waals surface area contributed by atoms with Crippen LogP contribution in [0.1, 0.15) is 17.4 Å². The summed E-state index contributed by atoms with van der Waals surface area (Å²) in [6.45, 7) is 3.46. The molecule has 2 rings (SSSR count). The predicted molar refractivity (Wildman–Crippen MR) is 91.9 cm³/mol. The minimum Gasteiger partial charge on any atom is -0.495 e. The third kappa shape index (κ3) is 4.82. The van der Waals surface area contributed by atoms with Gasteiger partial charge in [-0.1, -0.05) is 43.0 Å². The zero-order valence-electron chi connectivity index (χ0n) is 13.2. The summed E-state index contributed by atoms with van der Waals surface area (Å²) in [6, 6.07) is 14.0. The summed E-state index contributed by atoms with van der Waals surface area (Å²) in [5.74, 6) is 0.319. The van der Waals surface area contributed by atoms with E-state index in [1.807, 2.05) is 30.3 Å². The maximum Gasteiger partial charge on any atom is 0.254 e. The average molecular weight is 349 g/mol. The van der Waals surface area contributed by atoms with E-state index >= 15 is 0 Å². The molecule has 24 heavy (non-hydrogen) atoms. The van der Waals surface area contributed by atoms with Crippen LogP contribution in [0.25, 0.3) is 0 Å². The van der Waals surface area contributed by atoms with E-state index in [1.54, 1.807) is 12.1 Å². The van der Waals surface area contributed by atoms with Crippen LogP contribution in [0.4, 0.5) is 5.69 Å². The molecule has 0 aliphatic rings. The van der Waals surface area contributed by atoms with Gasteiger partial charge in [-0.05, 0) is 17.7 Å². The van der Waals surface area contributed by atoms with E-state index in [-0.39, 0.29) is 12.3 Å². The van der Waals surface area contributed by atoms with Gasteiger partial charge in [-0.2, -0.15) is 0 Å². The molecule has 0 fully saturated rings. The van der Waals surface area contributed by atoms with Gasteiger partial charge in [0.25, 0.3) is 10.0 Å². The fourth-order valence-electron chi connectivity index (χ4n) is 2.00. The van der Waals surface area contributed by atoms with E-state index in [0.29, 0.717) is 11.3 Å². The number of aliphatic hydroxyl groups is 1. The molecular formula is C17H19NO5S. The molecule has 0 spiro atoms. The first-order valence-electron chi connectivity index (χ1n) is 7.12. The van der Waals surface area contributed by atoms with E-state index in [9.17, 15) is 13.5 Å². The standard InChI is InChI=1S/C17H19NO5S/c1-3-24(20,21)18-15-11-14(9-10-16(15)22-2)17(19)23-12-13-7-5-4-6-8-13/h3-11,17-19H,1,12H2,2H3. The summed E-state index contributed by atoms with van der Waals surface area (Å²) < 4.78 is 36.2. The van der Waals surface area contributed by atoms with Crippen molar-refractivity contribution in [2.75, 3.05) is 11.8 Å². The molecule has 0 aromatic heterocycles. The molecule has 6 nitrogen and oxygen atoms in total. The first-order chi connectivity index (χ1) is 11.4. The number of hydrogen-bond acceptors (Lipinski definition) is 5. The Hall–Kier alpha value is -2.35. The molecule has 0 saturated heterocycles. The van der Waals surface area contributed by atoms with Crippen molar-refractivity contribution in [2.24, 2.45) is 0 Å². The molecule has 0 bridgehead atoms. The summed E-state index contributed by atoms with van der Waals surface area (Å²) >= 11 is 0. The van der Waals surface area contributed by atoms with Crippen molar-refractivity contribution in [3.63, 3.8) is 0 Å². The quantitative estimate of drug-likeness (QED) is 0.716. The fourth-order valence-corrected chi connectivity index (χ4v) is 2.55. The van der Waals surface area contributed by atoms with Gasteiger partial charge >= 0.3 is 0 Å². The SMILES string of the molecule is C=CS(=O)(=O)Nc1cc(C(O)OCc2ccccc2)ccc1OC. The van der Waals surface area contributed by atoms with Gasteiger partial charge in [0.1, 0.15) is 5.75 Å². The monoisotopic (exact) mass is 349 g/mol. The van der Waals surface area contributed by atoms with Crippen LogP contribution in [0.2, 0.25) is 0 Å². The Labute approximate surface area is 141 Å². The van der Waals surface area contributed by atoms with Crippen molar-refractivity contribution >= 4 is 15.7 Å². The van der Waals surface area contributed by atoms with Gasteiger partial charge in [-0.15, -0.1) is 0 Å². The number of sulfonamides is 1. The van der Waals surface area contributed by atoms with E-state index < -0.39 is 16.3 Å². The first-order valence-corrected chi connectivity index (χ1v) is 8.66. The minimum absolute atomic E-state index is 0.192. The lowest BCUT2D eigenvalue weighted by Crippen LogP contribution is -2.11. The number of anilines is 1. The molecular weight excluding hydrogens is 330 g/mol. The molecule has 2 aromatic carbocycles. The molecule has 1 atom stereocenters. The minimum atomic E-state index is -3.69. The molecule has 0 radical (unpaired) electrons. The van der Waals surface area contributed by atoms with E-state index in [2.05, 4.69) is 11.3 Å². The molecule has 0 heterocycles. The van der Waals surface area contributed by atoms with Gasteiger partial charge in [0.2, 0.25) is 0 Å². The number of aliphatic hydroxyl groups excluding tert-OH is 1. The maximum absolute atomic E-state index is 11.7. The van der Waals surface area contributed by atoms with Crippen LogP contribution in [0.15, 0.2) is 60.5 Å². The van der Waals surface area contributed by atoms with Gasteiger partial charge in [0.05, 0.1) is 19.4 Å². The van der Waals surface area contributed by atoms with Gasteiger partial charge in [-0.3, -0.25) is 4.72 Å². The third-order valence-corrected chi connectivity index (χ3v) is 4.17. The highest BCUT2D eigenvalue weighted by Gasteiger charge is 2.15. The highest BCUT2D eigenvalue weighted by Crippen LogP contribution is 2.29. The fraction of sp³-hybridized carbons (Fsp3) is 0.176. The molecule has 0 aliphatic heterocycles. The number of rotatable bonds is 8. The van der Waals surface area contributed by atoms with Crippen molar-refractivity contribution in [2.45, 2.75) is 12.9 Å². The number of benzene rings is 2. The normalized spacial score (nSPS) is 12.4. The highest BCUT2D eigenvalue weighted by atomic mass is 32.2. The molecule has 128 valence electrons. The van der Waals surface area contributed by atoms with Gasteiger partial charge in [0, 0.05) is 11.0 Å². The van der Waals surface area contributed by atoms with Crippen molar-refractivity contribution in [1.82, 2.24) is 0 Å². The highest BCUT2D eigenvalue weighted by molar-refractivity contribution is 7.95. The van der Waals surface area contributed by atoms with Crippen LogP contribution in [-0.4, -0.2) is 20.6 Å². The van der Waals surface area contributed by atoms with E-state index in [0.717, 1.165) is 11.0 Å². The molecule has 2 N–H and O–H groups in total. The van der Waals surface area contributed by atoms with Crippen molar-refractivity contribution in [3.05, 3.63) is 71.6 Å². The van der Waals surface area contributed by atoms with Crippen LogP contribution >= 0.6 is 0 Å². The van der Waals surface area contributed by atoms with Gasteiger partial charge < -0.3 is 14.6 Å². The number of nitrogens with one attached hydrogen (secondary N) is 1. The second-order valence-electron chi connectivity index (χ2n) is 4.92. The lowest BCUT2D eigenvalue weighted by atomic mass is 10.2. The third-order valence-electron chi connectivity index (χ3n) is 3.23. The second kappa shape index (κ2) is 7.96. The Bertz CT molecular complexity index is 790. The second-order valence-corrected chi connectivity index (χ2v) is 6.55. The van der Waals surface area contributed by atoms with E-state index in [1.165, 1.54) is 13.2 Å². The lowest BCUT2D eigenvalue weighted by molar-refractivity contribution is -0.111. The largest absolute Gasteiger partial charge is 0.495 e. The van der Waals surface area contributed by atoms with Crippen LogP contribution in [0, 0.1) is 0 Å². The van der Waals surface area contributed by atoms with Crippen LogP contribution in [0.5, 0.6) is 5.75 Å². The van der Waals surface area contributed by atoms with Crippen LogP contribution in [0.3, 0.4) is 0 Å². The summed E-state index contributed by atoms with van der Waals surface area (Å²) in [4.78, 5) is 0. The molecule has 7 heteroatoms. The Morgan fingerprint density at radius 1 is 1.25 bits per heavy atom. The predicted octanol–water partition coefficient (Wildman–Crippen LogP) is 2.79. The Balaban J connectivity index is 2.16. The summed E-state index contributed by atoms with van der Waals surface area (Å²) in [5, 5.41) is 11.0. The van der Waals surface area contributed by atoms with Crippen LogP contribution in [-0.2, 0) is 21.4 Å². The summed E-state index contributed by atoms with van der Waals surface area (Å²) in [6.07, 6.45) is -1.21. The Morgan fingerprint density at radius 3 is 2.58 bits per heavy atom. The molecule has 0 saturated carbocycles. The zero-order chi connectivity index (χ0) is 17.6. The Kier molecular flexibility index (Phi) is 5.97. The van der Waals surface area contributed by atoms with Crippen molar-refractivity contribution in [1.29, 1.82) is 0 Å². The van der Waals surface area contributed by atoms with Crippen LogP contribution < -0.4 is 9.46 Å². The van der Waals surface area contributed by atoms with Gasteiger partial charge in [0.15, 0.2) is 6.29 Å². The smallest absolute Gasteiger partial charge is 0.254 e. The van der Waals surface area contributed by atoms with Gasteiger partial charge in [-0.25, -0.2) is 8.42 Å². The summed E-state index contributed by atoms with van der Waals surface area (Å²) in [5.41, 5.74) is 1.50. The maximum atomic E-state index is 11.7. The zero-order valence-corrected chi connectivity index (χ0v) is 14.0. The van der Waals surface area contributed by atoms with E-state index in [4.69, 9.17) is 9.47 Å². The van der Waals surface area contributed by atoms with Crippen molar-refractivity contribution < 1.29 is 23.0 Å².